The average molecular weight is 393 g/mol. The zero-order valence-electron chi connectivity index (χ0n) is 16.2. The molecule has 1 N–H and O–H groups in total. The zero-order valence-corrected chi connectivity index (χ0v) is 16.2. The van der Waals surface area contributed by atoms with Gasteiger partial charge in [0.1, 0.15) is 0 Å². The minimum atomic E-state index is -0.481. The van der Waals surface area contributed by atoms with Crippen LogP contribution in [0.15, 0.2) is 42.7 Å². The molecule has 2 atom stereocenters. The van der Waals surface area contributed by atoms with Gasteiger partial charge in [-0.05, 0) is 37.0 Å². The average Bonchev–Trinajstić information content (AvgIpc) is 3.39. The Kier molecular flexibility index (Phi) is 4.75. The van der Waals surface area contributed by atoms with Crippen LogP contribution >= 0.6 is 0 Å². The Balaban J connectivity index is 1.36. The van der Waals surface area contributed by atoms with Crippen molar-refractivity contribution >= 4 is 22.7 Å². The van der Waals surface area contributed by atoms with Gasteiger partial charge in [0.15, 0.2) is 11.6 Å². The van der Waals surface area contributed by atoms with Crippen molar-refractivity contribution in [3.63, 3.8) is 0 Å². The molecule has 0 unspecified atom stereocenters. The lowest BCUT2D eigenvalue weighted by atomic mass is 9.94. The monoisotopic (exact) mass is 393 g/mol. The van der Waals surface area contributed by atoms with Crippen LogP contribution in [0, 0.1) is 11.7 Å². The minimum absolute atomic E-state index is 0.0599. The number of aliphatic hydroxyl groups is 1. The smallest absolute Gasteiger partial charge is 0.227 e. The number of anilines is 2. The van der Waals surface area contributed by atoms with Crippen LogP contribution in [0.2, 0.25) is 0 Å². The Bertz CT molecular complexity index is 1020. The molecule has 0 spiro atoms. The van der Waals surface area contributed by atoms with E-state index in [-0.39, 0.29) is 11.7 Å². The van der Waals surface area contributed by atoms with Crippen molar-refractivity contribution in [2.24, 2.45) is 5.92 Å². The van der Waals surface area contributed by atoms with E-state index in [1.54, 1.807) is 0 Å². The summed E-state index contributed by atoms with van der Waals surface area (Å²) in [5.74, 6) is 0.555. The molecule has 5 rings (SSSR count). The largest absolute Gasteiger partial charge is 0.391 e. The number of rotatable bonds is 4. The van der Waals surface area contributed by atoms with Crippen LogP contribution in [0.3, 0.4) is 0 Å². The van der Waals surface area contributed by atoms with E-state index in [9.17, 15) is 9.50 Å². The molecule has 2 aliphatic rings. The SMILES string of the molecule is O[C@H]1CN(c2ncc(F)c(N3CCCC3)n2)C[C@H]1Cc1ccnc2ccccc12. The van der Waals surface area contributed by atoms with Crippen molar-refractivity contribution in [1.29, 1.82) is 0 Å². The molecule has 0 aliphatic carbocycles. The number of hydrogen-bond donors (Lipinski definition) is 1. The number of hydrogen-bond acceptors (Lipinski definition) is 6. The van der Waals surface area contributed by atoms with E-state index in [2.05, 4.69) is 21.0 Å². The molecule has 4 heterocycles. The molecule has 29 heavy (non-hydrogen) atoms. The van der Waals surface area contributed by atoms with Gasteiger partial charge in [-0.1, -0.05) is 18.2 Å². The first kappa shape index (κ1) is 18.2. The molecule has 2 fully saturated rings. The van der Waals surface area contributed by atoms with E-state index >= 15 is 0 Å². The summed E-state index contributed by atoms with van der Waals surface area (Å²) < 4.78 is 14.3. The van der Waals surface area contributed by atoms with Crippen molar-refractivity contribution < 1.29 is 9.50 Å². The molecule has 150 valence electrons. The van der Waals surface area contributed by atoms with Gasteiger partial charge in [-0.25, -0.2) is 9.37 Å². The molecule has 2 aromatic heterocycles. The van der Waals surface area contributed by atoms with Crippen LogP contribution in [-0.4, -0.2) is 52.3 Å². The summed E-state index contributed by atoms with van der Waals surface area (Å²) in [6.45, 7) is 2.75. The number of aromatic nitrogens is 3. The zero-order chi connectivity index (χ0) is 19.8. The lowest BCUT2D eigenvalue weighted by Crippen LogP contribution is -2.26. The fraction of sp³-hybridized carbons (Fsp3) is 0.409. The molecule has 2 saturated heterocycles. The predicted octanol–water partition coefficient (Wildman–Crippen LogP) is 2.80. The van der Waals surface area contributed by atoms with Gasteiger partial charge in [0, 0.05) is 43.7 Å². The van der Waals surface area contributed by atoms with Crippen molar-refractivity contribution in [2.45, 2.75) is 25.4 Å². The number of halogens is 1. The highest BCUT2D eigenvalue weighted by molar-refractivity contribution is 5.81. The number of fused-ring (bicyclic) bond motifs is 1. The van der Waals surface area contributed by atoms with Gasteiger partial charge >= 0.3 is 0 Å². The second-order valence-corrected chi connectivity index (χ2v) is 7.96. The van der Waals surface area contributed by atoms with Gasteiger partial charge in [-0.2, -0.15) is 4.98 Å². The van der Waals surface area contributed by atoms with E-state index in [4.69, 9.17) is 0 Å². The van der Waals surface area contributed by atoms with Crippen LogP contribution in [0.5, 0.6) is 0 Å². The molecule has 0 bridgehead atoms. The minimum Gasteiger partial charge on any atom is -0.391 e. The van der Waals surface area contributed by atoms with E-state index in [0.717, 1.165) is 43.3 Å². The van der Waals surface area contributed by atoms with Crippen LogP contribution in [0.1, 0.15) is 18.4 Å². The molecule has 0 radical (unpaired) electrons. The third-order valence-electron chi connectivity index (χ3n) is 6.03. The van der Waals surface area contributed by atoms with Gasteiger partial charge in [-0.3, -0.25) is 4.98 Å². The van der Waals surface area contributed by atoms with Gasteiger partial charge in [0.25, 0.3) is 0 Å². The topological polar surface area (TPSA) is 65.4 Å². The van der Waals surface area contributed by atoms with E-state index in [0.29, 0.717) is 24.9 Å². The number of β-amino-alcohol motifs (C(OH)–C–C–N with tert-alkyl or cyclic N) is 1. The molecule has 0 amide bonds. The van der Waals surface area contributed by atoms with Gasteiger partial charge < -0.3 is 14.9 Å². The number of pyridine rings is 1. The lowest BCUT2D eigenvalue weighted by Gasteiger charge is -2.21. The molecular formula is C22H24FN5O. The number of aliphatic hydroxyl groups excluding tert-OH is 1. The van der Waals surface area contributed by atoms with E-state index < -0.39 is 6.10 Å². The first-order valence-corrected chi connectivity index (χ1v) is 10.2. The highest BCUT2D eigenvalue weighted by atomic mass is 19.1. The summed E-state index contributed by atoms with van der Waals surface area (Å²) in [6, 6.07) is 10.1. The Hall–Kier alpha value is -2.80. The fourth-order valence-electron chi connectivity index (χ4n) is 4.49. The summed E-state index contributed by atoms with van der Waals surface area (Å²) in [5.41, 5.74) is 2.14. The Labute approximate surface area is 169 Å². The molecule has 2 aliphatic heterocycles. The van der Waals surface area contributed by atoms with Crippen LogP contribution in [0.25, 0.3) is 10.9 Å². The van der Waals surface area contributed by atoms with Crippen LogP contribution < -0.4 is 9.80 Å². The van der Waals surface area contributed by atoms with Crippen LogP contribution in [0.4, 0.5) is 16.2 Å². The first-order valence-electron chi connectivity index (χ1n) is 10.2. The summed E-state index contributed by atoms with van der Waals surface area (Å²) in [4.78, 5) is 17.1. The second kappa shape index (κ2) is 7.55. The standard InChI is InChI=1S/C22H24FN5O/c23-18-12-25-22(26-21(18)27-9-3-4-10-27)28-13-16(20(29)14-28)11-15-7-8-24-19-6-2-1-5-17(15)19/h1-2,5-8,12,16,20,29H,3-4,9-11,13-14H2/t16-,20+/m1/s1. The second-order valence-electron chi connectivity index (χ2n) is 7.96. The molecule has 6 nitrogen and oxygen atoms in total. The maximum Gasteiger partial charge on any atom is 0.227 e. The maximum absolute atomic E-state index is 14.3. The van der Waals surface area contributed by atoms with Gasteiger partial charge in [0.2, 0.25) is 5.95 Å². The highest BCUT2D eigenvalue weighted by Gasteiger charge is 2.33. The van der Waals surface area contributed by atoms with E-state index in [1.807, 2.05) is 40.3 Å². The molecular weight excluding hydrogens is 369 g/mol. The number of nitrogens with zero attached hydrogens (tertiary/aromatic N) is 5. The summed E-state index contributed by atoms with van der Waals surface area (Å²) >= 11 is 0. The first-order chi connectivity index (χ1) is 14.2. The van der Waals surface area contributed by atoms with Gasteiger partial charge in [0.05, 0.1) is 17.8 Å². The number of benzene rings is 1. The van der Waals surface area contributed by atoms with Crippen molar-refractivity contribution in [2.75, 3.05) is 36.0 Å². The summed E-state index contributed by atoms with van der Waals surface area (Å²) in [7, 11) is 0. The Morgan fingerprint density at radius 3 is 2.72 bits per heavy atom. The van der Waals surface area contributed by atoms with Crippen LogP contribution in [-0.2, 0) is 6.42 Å². The quantitative estimate of drug-likeness (QED) is 0.735. The summed E-state index contributed by atoms with van der Waals surface area (Å²) in [5, 5.41) is 11.8. The van der Waals surface area contributed by atoms with Crippen molar-refractivity contribution in [3.8, 4) is 0 Å². The lowest BCUT2D eigenvalue weighted by molar-refractivity contribution is 0.148. The third-order valence-corrected chi connectivity index (χ3v) is 6.03. The Morgan fingerprint density at radius 1 is 1.03 bits per heavy atom. The number of para-hydroxylation sites is 1. The van der Waals surface area contributed by atoms with Gasteiger partial charge in [-0.15, -0.1) is 0 Å². The third kappa shape index (κ3) is 3.51. The highest BCUT2D eigenvalue weighted by Crippen LogP contribution is 2.29. The molecule has 3 aromatic rings. The fourth-order valence-corrected chi connectivity index (χ4v) is 4.49. The summed E-state index contributed by atoms with van der Waals surface area (Å²) in [6.07, 6.45) is 5.47. The van der Waals surface area contributed by atoms with E-state index in [1.165, 1.54) is 11.8 Å². The van der Waals surface area contributed by atoms with Crippen molar-refractivity contribution in [3.05, 3.63) is 54.1 Å². The molecule has 7 heteroatoms. The molecule has 0 saturated carbocycles. The molecule has 1 aromatic carbocycles. The maximum atomic E-state index is 14.3. The van der Waals surface area contributed by atoms with Crippen molar-refractivity contribution in [1.82, 2.24) is 15.0 Å². The Morgan fingerprint density at radius 2 is 1.86 bits per heavy atom. The predicted molar refractivity (Wildman–Crippen MR) is 111 cm³/mol. The normalized spacial score (nSPS) is 22.0.